The topological polar surface area (TPSA) is 64.1 Å². The molecule has 0 aromatic carbocycles. The molecule has 1 saturated carbocycles. The van der Waals surface area contributed by atoms with Gasteiger partial charge in [-0.05, 0) is 24.7 Å². The Morgan fingerprint density at radius 1 is 1.47 bits per heavy atom. The zero-order valence-electron chi connectivity index (χ0n) is 10.8. The number of aryl methyl sites for hydroxylation is 1. The first-order valence-electron chi connectivity index (χ1n) is 6.58. The molecule has 1 aliphatic rings. The van der Waals surface area contributed by atoms with Gasteiger partial charge in [-0.15, -0.1) is 0 Å². The van der Waals surface area contributed by atoms with Crippen LogP contribution < -0.4 is 5.73 Å². The van der Waals surface area contributed by atoms with E-state index in [2.05, 4.69) is 12.0 Å². The fourth-order valence-electron chi connectivity index (χ4n) is 2.86. The number of aliphatic hydroxyl groups excluding tert-OH is 1. The summed E-state index contributed by atoms with van der Waals surface area (Å²) in [5.41, 5.74) is 6.70. The predicted molar refractivity (Wildman–Crippen MR) is 68.3 cm³/mol. The number of hydrogen-bond acceptors (Lipinski definition) is 3. The number of anilines is 1. The number of nitrogen functional groups attached to an aromatic ring is 1. The van der Waals surface area contributed by atoms with Crippen LogP contribution in [0.1, 0.15) is 50.7 Å². The maximum Gasteiger partial charge on any atom is 0.127 e. The lowest BCUT2D eigenvalue weighted by Crippen LogP contribution is -2.20. The van der Waals surface area contributed by atoms with E-state index >= 15 is 0 Å². The normalized spacial score (nSPS) is 27.0. The lowest BCUT2D eigenvalue weighted by Gasteiger charge is -2.30. The van der Waals surface area contributed by atoms with Crippen LogP contribution in [0.5, 0.6) is 0 Å². The van der Waals surface area contributed by atoms with E-state index < -0.39 is 6.10 Å². The maximum absolute atomic E-state index is 10.4. The van der Waals surface area contributed by atoms with Crippen LogP contribution >= 0.6 is 0 Å². The molecule has 17 heavy (non-hydrogen) atoms. The van der Waals surface area contributed by atoms with Crippen molar-refractivity contribution in [1.82, 2.24) is 9.78 Å². The average Bonchev–Trinajstić information content (AvgIpc) is 2.69. The van der Waals surface area contributed by atoms with Gasteiger partial charge in [-0.25, -0.2) is 0 Å². The van der Waals surface area contributed by atoms with Crippen LogP contribution in [0.2, 0.25) is 0 Å². The third-order valence-electron chi connectivity index (χ3n) is 4.25. The molecule has 1 atom stereocenters. The van der Waals surface area contributed by atoms with Gasteiger partial charge in [-0.1, -0.05) is 26.2 Å². The predicted octanol–water partition coefficient (Wildman–Crippen LogP) is 2.25. The second kappa shape index (κ2) is 5.08. The Morgan fingerprint density at radius 3 is 2.59 bits per heavy atom. The smallest absolute Gasteiger partial charge is 0.127 e. The van der Waals surface area contributed by atoms with Crippen LogP contribution in [0.15, 0.2) is 6.20 Å². The molecule has 0 spiro atoms. The zero-order valence-corrected chi connectivity index (χ0v) is 10.8. The summed E-state index contributed by atoms with van der Waals surface area (Å²) in [6, 6.07) is 0. The SMILES string of the molecule is CCC1CCC(C(O)c2cnn(C)c2N)CC1. The van der Waals surface area contributed by atoms with Crippen molar-refractivity contribution in [1.29, 1.82) is 0 Å². The van der Waals surface area contributed by atoms with Gasteiger partial charge in [0.15, 0.2) is 0 Å². The largest absolute Gasteiger partial charge is 0.388 e. The Kier molecular flexibility index (Phi) is 3.72. The summed E-state index contributed by atoms with van der Waals surface area (Å²) >= 11 is 0. The molecule has 96 valence electrons. The Labute approximate surface area is 103 Å². The molecule has 0 radical (unpaired) electrons. The monoisotopic (exact) mass is 237 g/mol. The maximum atomic E-state index is 10.4. The molecule has 4 heteroatoms. The Morgan fingerprint density at radius 2 is 2.12 bits per heavy atom. The molecule has 1 heterocycles. The van der Waals surface area contributed by atoms with Crippen molar-refractivity contribution < 1.29 is 5.11 Å². The molecule has 0 aliphatic heterocycles. The summed E-state index contributed by atoms with van der Waals surface area (Å²) in [5, 5.41) is 14.5. The van der Waals surface area contributed by atoms with Gasteiger partial charge in [0.05, 0.1) is 12.3 Å². The van der Waals surface area contributed by atoms with Crippen LogP contribution in [0, 0.1) is 11.8 Å². The highest BCUT2D eigenvalue weighted by atomic mass is 16.3. The highest BCUT2D eigenvalue weighted by Gasteiger charge is 2.28. The Bertz CT molecular complexity index is 367. The van der Waals surface area contributed by atoms with E-state index in [9.17, 15) is 5.11 Å². The van der Waals surface area contributed by atoms with Crippen LogP contribution in [0.3, 0.4) is 0 Å². The third-order valence-corrected chi connectivity index (χ3v) is 4.25. The van der Waals surface area contributed by atoms with Crippen molar-refractivity contribution in [2.75, 3.05) is 5.73 Å². The number of rotatable bonds is 3. The van der Waals surface area contributed by atoms with Gasteiger partial charge in [0.25, 0.3) is 0 Å². The van der Waals surface area contributed by atoms with E-state index in [0.717, 1.165) is 24.3 Å². The van der Waals surface area contributed by atoms with E-state index in [-0.39, 0.29) is 0 Å². The molecular formula is C13H23N3O. The molecule has 0 saturated heterocycles. The molecular weight excluding hydrogens is 214 g/mol. The first kappa shape index (κ1) is 12.4. The highest BCUT2D eigenvalue weighted by molar-refractivity contribution is 5.40. The Balaban J connectivity index is 2.01. The molecule has 1 aliphatic carbocycles. The number of nitrogens with zero attached hydrogens (tertiary/aromatic N) is 2. The summed E-state index contributed by atoms with van der Waals surface area (Å²) in [7, 11) is 1.81. The second-order valence-electron chi connectivity index (χ2n) is 5.24. The summed E-state index contributed by atoms with van der Waals surface area (Å²) in [6.45, 7) is 2.25. The summed E-state index contributed by atoms with van der Waals surface area (Å²) in [6.07, 6.45) is 7.20. The van der Waals surface area contributed by atoms with E-state index in [1.54, 1.807) is 17.9 Å². The Hall–Kier alpha value is -1.03. The molecule has 0 amide bonds. The average molecular weight is 237 g/mol. The quantitative estimate of drug-likeness (QED) is 0.847. The molecule has 1 unspecified atom stereocenters. The minimum Gasteiger partial charge on any atom is -0.388 e. The summed E-state index contributed by atoms with van der Waals surface area (Å²) in [4.78, 5) is 0. The van der Waals surface area contributed by atoms with Crippen molar-refractivity contribution in [2.45, 2.75) is 45.1 Å². The van der Waals surface area contributed by atoms with Crippen LogP contribution in [0.25, 0.3) is 0 Å². The van der Waals surface area contributed by atoms with E-state index in [1.807, 2.05) is 0 Å². The molecule has 1 aromatic rings. The fourth-order valence-corrected chi connectivity index (χ4v) is 2.86. The van der Waals surface area contributed by atoms with Gasteiger partial charge in [-0.3, -0.25) is 4.68 Å². The van der Waals surface area contributed by atoms with E-state index in [4.69, 9.17) is 5.73 Å². The van der Waals surface area contributed by atoms with Crippen molar-refractivity contribution in [2.24, 2.45) is 18.9 Å². The lowest BCUT2D eigenvalue weighted by atomic mass is 9.77. The summed E-state index contributed by atoms with van der Waals surface area (Å²) < 4.78 is 1.62. The van der Waals surface area contributed by atoms with Crippen molar-refractivity contribution in [3.63, 3.8) is 0 Å². The number of hydrogen-bond donors (Lipinski definition) is 2. The third kappa shape index (κ3) is 2.46. The van der Waals surface area contributed by atoms with Gasteiger partial charge >= 0.3 is 0 Å². The van der Waals surface area contributed by atoms with Gasteiger partial charge < -0.3 is 10.8 Å². The first-order chi connectivity index (χ1) is 8.13. The molecule has 3 N–H and O–H groups in total. The second-order valence-corrected chi connectivity index (χ2v) is 5.24. The minimum atomic E-state index is -0.443. The van der Waals surface area contributed by atoms with Gasteiger partial charge in [0, 0.05) is 12.6 Å². The lowest BCUT2D eigenvalue weighted by molar-refractivity contribution is 0.0735. The van der Waals surface area contributed by atoms with Crippen molar-refractivity contribution in [3.8, 4) is 0 Å². The van der Waals surface area contributed by atoms with Gasteiger partial charge in [-0.2, -0.15) is 5.10 Å². The van der Waals surface area contributed by atoms with Gasteiger partial charge in [0.1, 0.15) is 5.82 Å². The molecule has 2 rings (SSSR count). The number of aromatic nitrogens is 2. The summed E-state index contributed by atoms with van der Waals surface area (Å²) in [5.74, 6) is 1.80. The standard InChI is InChI=1S/C13H23N3O/c1-3-9-4-6-10(7-5-9)12(17)11-8-15-16(2)13(11)14/h8-10,12,17H,3-7,14H2,1-2H3. The van der Waals surface area contributed by atoms with E-state index in [1.165, 1.54) is 19.3 Å². The fraction of sp³-hybridized carbons (Fsp3) is 0.769. The van der Waals surface area contributed by atoms with Crippen LogP contribution in [0.4, 0.5) is 5.82 Å². The molecule has 4 nitrogen and oxygen atoms in total. The number of nitrogens with two attached hydrogens (primary N) is 1. The minimum absolute atomic E-state index is 0.351. The molecule has 0 bridgehead atoms. The van der Waals surface area contributed by atoms with E-state index in [0.29, 0.717) is 11.7 Å². The van der Waals surface area contributed by atoms with Gasteiger partial charge in [0.2, 0.25) is 0 Å². The van der Waals surface area contributed by atoms with Crippen molar-refractivity contribution >= 4 is 5.82 Å². The first-order valence-corrected chi connectivity index (χ1v) is 6.58. The number of aliphatic hydroxyl groups is 1. The molecule has 1 fully saturated rings. The highest BCUT2D eigenvalue weighted by Crippen LogP contribution is 2.38. The van der Waals surface area contributed by atoms with Crippen LogP contribution in [-0.4, -0.2) is 14.9 Å². The van der Waals surface area contributed by atoms with Crippen LogP contribution in [-0.2, 0) is 7.05 Å². The van der Waals surface area contributed by atoms with Crippen molar-refractivity contribution in [3.05, 3.63) is 11.8 Å². The molecule has 1 aromatic heterocycles. The zero-order chi connectivity index (χ0) is 12.4.